The topological polar surface area (TPSA) is 38.7 Å². The average molecular weight is 866 g/mol. The molecule has 1 heterocycles. The molecule has 3 nitrogen and oxygen atoms in total. The second-order valence-corrected chi connectivity index (χ2v) is 17.9. The number of hydrogen-bond acceptors (Lipinski definition) is 3. The van der Waals surface area contributed by atoms with E-state index in [1.54, 1.807) is 0 Å². The lowest BCUT2D eigenvalue weighted by molar-refractivity contribution is 1.01. The van der Waals surface area contributed by atoms with E-state index in [1.165, 1.54) is 66.8 Å². The predicted molar refractivity (Wildman–Crippen MR) is 279 cm³/mol. The third-order valence-corrected chi connectivity index (χ3v) is 13.8. The lowest BCUT2D eigenvalue weighted by atomic mass is 9.87. The van der Waals surface area contributed by atoms with Crippen LogP contribution in [-0.4, -0.2) is 15.0 Å². The summed E-state index contributed by atoms with van der Waals surface area (Å²) in [6.07, 6.45) is 0.828. The second kappa shape index (κ2) is 16.6. The molecule has 3 heteroatoms. The molecule has 11 aromatic rings. The molecule has 0 saturated heterocycles. The van der Waals surface area contributed by atoms with Gasteiger partial charge in [0.1, 0.15) is 0 Å². The largest absolute Gasteiger partial charge is 0.208 e. The third kappa shape index (κ3) is 6.96. The Morgan fingerprint density at radius 3 is 1.35 bits per heavy atom. The van der Waals surface area contributed by atoms with Crippen LogP contribution in [0.1, 0.15) is 33.7 Å². The normalized spacial score (nSPS) is 13.1. The minimum atomic E-state index is 0.184. The fraction of sp³-hybridized carbons (Fsp3) is 0.0308. The maximum absolute atomic E-state index is 5.36. The highest BCUT2D eigenvalue weighted by Gasteiger charge is 2.33. The van der Waals surface area contributed by atoms with Gasteiger partial charge in [-0.3, -0.25) is 0 Å². The summed E-state index contributed by atoms with van der Waals surface area (Å²) in [6.45, 7) is 0. The molecule has 10 aromatic carbocycles. The third-order valence-electron chi connectivity index (χ3n) is 13.8. The molecule has 0 amide bonds. The van der Waals surface area contributed by atoms with E-state index in [0.717, 1.165) is 50.9 Å². The Kier molecular flexibility index (Phi) is 9.64. The number of benzene rings is 10. The fourth-order valence-corrected chi connectivity index (χ4v) is 10.6. The van der Waals surface area contributed by atoms with Crippen LogP contribution in [0.15, 0.2) is 243 Å². The molecule has 0 N–H and O–H groups in total. The first-order chi connectivity index (χ1) is 33.7. The smallest absolute Gasteiger partial charge is 0.164 e. The molecule has 1 aromatic heterocycles. The van der Waals surface area contributed by atoms with E-state index in [2.05, 4.69) is 206 Å². The van der Waals surface area contributed by atoms with Gasteiger partial charge in [0.05, 0.1) is 0 Å². The highest BCUT2D eigenvalue weighted by Crippen LogP contribution is 2.53. The van der Waals surface area contributed by atoms with E-state index in [1.807, 2.05) is 36.4 Å². The molecule has 2 aliphatic rings. The van der Waals surface area contributed by atoms with Gasteiger partial charge in [0.15, 0.2) is 17.5 Å². The molecule has 2 aliphatic carbocycles. The summed E-state index contributed by atoms with van der Waals surface area (Å²) in [4.78, 5) is 15.8. The summed E-state index contributed by atoms with van der Waals surface area (Å²) >= 11 is 0. The van der Waals surface area contributed by atoms with Gasteiger partial charge < -0.3 is 0 Å². The van der Waals surface area contributed by atoms with E-state index in [9.17, 15) is 0 Å². The first kappa shape index (κ1) is 39.6. The van der Waals surface area contributed by atoms with E-state index in [-0.39, 0.29) is 5.92 Å². The van der Waals surface area contributed by atoms with Gasteiger partial charge in [0, 0.05) is 22.6 Å². The molecule has 0 bridgehead atoms. The number of rotatable bonds is 8. The van der Waals surface area contributed by atoms with Crippen LogP contribution in [0.4, 0.5) is 0 Å². The summed E-state index contributed by atoms with van der Waals surface area (Å²) in [5.41, 5.74) is 24.0. The van der Waals surface area contributed by atoms with Gasteiger partial charge in [0.25, 0.3) is 0 Å². The Hall–Kier alpha value is -8.79. The minimum absolute atomic E-state index is 0.184. The van der Waals surface area contributed by atoms with Crippen molar-refractivity contribution in [3.8, 4) is 101 Å². The van der Waals surface area contributed by atoms with Crippen LogP contribution in [0.2, 0.25) is 0 Å². The molecule has 318 valence electrons. The van der Waals surface area contributed by atoms with Crippen LogP contribution in [0.3, 0.4) is 0 Å². The van der Waals surface area contributed by atoms with Gasteiger partial charge in [-0.2, -0.15) is 0 Å². The highest BCUT2D eigenvalue weighted by atomic mass is 15.0. The lowest BCUT2D eigenvalue weighted by Crippen LogP contribution is -2.02. The monoisotopic (exact) mass is 865 g/mol. The van der Waals surface area contributed by atoms with Crippen molar-refractivity contribution in [3.63, 3.8) is 0 Å². The zero-order valence-corrected chi connectivity index (χ0v) is 37.2. The molecule has 0 saturated carbocycles. The molecular formula is C65H43N3. The minimum Gasteiger partial charge on any atom is -0.208 e. The Bertz CT molecular complexity index is 3560. The van der Waals surface area contributed by atoms with Crippen LogP contribution in [0.25, 0.3) is 101 Å². The van der Waals surface area contributed by atoms with Crippen LogP contribution in [-0.2, 0) is 6.42 Å². The molecule has 1 unspecified atom stereocenters. The number of hydrogen-bond donors (Lipinski definition) is 0. The fourth-order valence-electron chi connectivity index (χ4n) is 10.6. The molecule has 13 rings (SSSR count). The van der Waals surface area contributed by atoms with Crippen LogP contribution >= 0.6 is 0 Å². The van der Waals surface area contributed by atoms with Crippen molar-refractivity contribution < 1.29 is 0 Å². The van der Waals surface area contributed by atoms with Gasteiger partial charge >= 0.3 is 0 Å². The first-order valence-corrected chi connectivity index (χ1v) is 23.4. The zero-order chi connectivity index (χ0) is 45.0. The van der Waals surface area contributed by atoms with Crippen molar-refractivity contribution in [2.45, 2.75) is 12.3 Å². The van der Waals surface area contributed by atoms with Crippen molar-refractivity contribution in [2.24, 2.45) is 0 Å². The predicted octanol–water partition coefficient (Wildman–Crippen LogP) is 16.3. The Balaban J connectivity index is 1.02. The van der Waals surface area contributed by atoms with E-state index in [4.69, 9.17) is 15.0 Å². The van der Waals surface area contributed by atoms with Gasteiger partial charge in [0.2, 0.25) is 0 Å². The average Bonchev–Trinajstić information content (AvgIpc) is 3.96. The second-order valence-electron chi connectivity index (χ2n) is 17.9. The highest BCUT2D eigenvalue weighted by molar-refractivity contribution is 5.94. The van der Waals surface area contributed by atoms with E-state index in [0.29, 0.717) is 17.5 Å². The summed E-state index contributed by atoms with van der Waals surface area (Å²) in [5.74, 6) is 2.09. The van der Waals surface area contributed by atoms with E-state index < -0.39 is 0 Å². The lowest BCUT2D eigenvalue weighted by Gasteiger charge is -2.17. The quantitative estimate of drug-likeness (QED) is 0.153. The summed E-state index contributed by atoms with van der Waals surface area (Å²) < 4.78 is 0. The van der Waals surface area contributed by atoms with Crippen molar-refractivity contribution in [1.29, 1.82) is 0 Å². The Morgan fingerprint density at radius 1 is 0.265 bits per heavy atom. The molecule has 0 aliphatic heterocycles. The van der Waals surface area contributed by atoms with Crippen molar-refractivity contribution in [1.82, 2.24) is 15.0 Å². The summed E-state index contributed by atoms with van der Waals surface area (Å²) in [7, 11) is 0. The van der Waals surface area contributed by atoms with Gasteiger partial charge in [-0.25, -0.2) is 15.0 Å². The van der Waals surface area contributed by atoms with Gasteiger partial charge in [-0.05, 0) is 137 Å². The van der Waals surface area contributed by atoms with Crippen molar-refractivity contribution in [3.05, 3.63) is 270 Å². The standard InChI is InChI=1S/C65H43N3/c1-6-19-42(20-7-1)48-35-49(43-21-8-2-9-22-43)37-50(36-48)47-33-34-55(61(38-47)65-67-63(45-25-12-4-13-26-45)66-64(68-65)46-27-14-5-15-28-46)52-31-18-32-54-57-41-60-59(40-51(57)39-58(52)54)53-29-16-17-30-56(53)62(60)44-23-10-3-11-24-44/h1-38,40-41,62H,39H2. The maximum atomic E-state index is 5.36. The Labute approximate surface area is 396 Å². The molecule has 0 radical (unpaired) electrons. The van der Waals surface area contributed by atoms with Crippen LogP contribution in [0.5, 0.6) is 0 Å². The molecule has 0 spiro atoms. The first-order valence-electron chi connectivity index (χ1n) is 23.4. The molecular weight excluding hydrogens is 823 g/mol. The van der Waals surface area contributed by atoms with Gasteiger partial charge in [-0.15, -0.1) is 0 Å². The van der Waals surface area contributed by atoms with Crippen molar-refractivity contribution >= 4 is 0 Å². The summed E-state index contributed by atoms with van der Waals surface area (Å²) in [6, 6.07) is 87.4. The SMILES string of the molecule is c1ccc(-c2cc(-c3ccccc3)cc(-c3ccc(-c4cccc5c4Cc4cc6c(cc4-5)C(c4ccccc4)c4ccccc4-6)c(-c4nc(-c5ccccc5)nc(-c5ccccc5)n4)c3)c2)cc1. The number of fused-ring (bicyclic) bond motifs is 6. The number of nitrogens with zero attached hydrogens (tertiary/aromatic N) is 3. The van der Waals surface area contributed by atoms with Crippen LogP contribution < -0.4 is 0 Å². The Morgan fingerprint density at radius 2 is 0.750 bits per heavy atom. The molecule has 1 atom stereocenters. The van der Waals surface area contributed by atoms with E-state index >= 15 is 0 Å². The van der Waals surface area contributed by atoms with Crippen molar-refractivity contribution in [2.75, 3.05) is 0 Å². The van der Waals surface area contributed by atoms with Crippen LogP contribution in [0, 0.1) is 0 Å². The molecule has 68 heavy (non-hydrogen) atoms. The van der Waals surface area contributed by atoms with Gasteiger partial charge in [-0.1, -0.05) is 206 Å². The molecule has 0 fully saturated rings. The zero-order valence-electron chi connectivity index (χ0n) is 37.2. The number of aromatic nitrogens is 3. The summed E-state index contributed by atoms with van der Waals surface area (Å²) in [5, 5.41) is 0. The maximum Gasteiger partial charge on any atom is 0.164 e.